The lowest BCUT2D eigenvalue weighted by molar-refractivity contribution is 0.100. The van der Waals surface area contributed by atoms with Crippen LogP contribution in [0.1, 0.15) is 15.9 Å². The van der Waals surface area contributed by atoms with Gasteiger partial charge in [-0.05, 0) is 29.8 Å². The van der Waals surface area contributed by atoms with E-state index in [1.165, 1.54) is 5.39 Å². The van der Waals surface area contributed by atoms with Gasteiger partial charge in [0.1, 0.15) is 0 Å². The molecule has 106 valence electrons. The van der Waals surface area contributed by atoms with Crippen LogP contribution in [-0.2, 0) is 5.75 Å². The van der Waals surface area contributed by atoms with E-state index in [1.54, 1.807) is 23.9 Å². The zero-order valence-electron chi connectivity index (χ0n) is 11.3. The number of carbonyl (C=O) groups excluding carboxylic acids is 1. The van der Waals surface area contributed by atoms with Crippen LogP contribution in [0, 0.1) is 0 Å². The summed E-state index contributed by atoms with van der Waals surface area (Å²) in [6.07, 6.45) is 0. The summed E-state index contributed by atoms with van der Waals surface area (Å²) in [7, 11) is 0. The van der Waals surface area contributed by atoms with Crippen molar-refractivity contribution in [2.24, 2.45) is 5.73 Å². The van der Waals surface area contributed by atoms with Gasteiger partial charge in [-0.1, -0.05) is 24.3 Å². The Hall–Kier alpha value is -2.40. The van der Waals surface area contributed by atoms with Crippen molar-refractivity contribution in [3.8, 4) is 0 Å². The highest BCUT2D eigenvalue weighted by Gasteiger charge is 2.06. The molecule has 21 heavy (non-hydrogen) atoms. The fourth-order valence-corrected chi connectivity index (χ4v) is 3.13. The molecule has 0 aliphatic heterocycles. The number of rotatable bonds is 4. The molecule has 5 heteroatoms. The summed E-state index contributed by atoms with van der Waals surface area (Å²) in [5.41, 5.74) is 14.3. The largest absolute Gasteiger partial charge is 0.398 e. The van der Waals surface area contributed by atoms with Crippen LogP contribution in [0.4, 0.5) is 5.69 Å². The third kappa shape index (κ3) is 2.87. The number of hydrogen-bond acceptors (Lipinski definition) is 3. The number of H-pyrrole nitrogens is 1. The van der Waals surface area contributed by atoms with Crippen LogP contribution in [0.3, 0.4) is 0 Å². The van der Waals surface area contributed by atoms with Crippen molar-refractivity contribution in [2.75, 3.05) is 5.73 Å². The van der Waals surface area contributed by atoms with Crippen LogP contribution < -0.4 is 11.5 Å². The van der Waals surface area contributed by atoms with E-state index < -0.39 is 5.91 Å². The molecule has 0 radical (unpaired) electrons. The molecule has 1 aromatic heterocycles. The second kappa shape index (κ2) is 5.54. The highest BCUT2D eigenvalue weighted by atomic mass is 32.2. The van der Waals surface area contributed by atoms with Crippen LogP contribution >= 0.6 is 11.8 Å². The smallest absolute Gasteiger partial charge is 0.248 e. The predicted molar refractivity (Wildman–Crippen MR) is 87.2 cm³/mol. The minimum atomic E-state index is -0.462. The minimum Gasteiger partial charge on any atom is -0.398 e. The molecular formula is C16H15N3OS. The lowest BCUT2D eigenvalue weighted by Gasteiger charge is -2.06. The van der Waals surface area contributed by atoms with Gasteiger partial charge in [0.15, 0.2) is 0 Å². The molecule has 0 bridgehead atoms. The third-order valence-corrected chi connectivity index (χ3v) is 4.31. The number of nitrogens with one attached hydrogen (secondary N) is 1. The van der Waals surface area contributed by atoms with Crippen molar-refractivity contribution in [3.63, 3.8) is 0 Å². The van der Waals surface area contributed by atoms with Crippen molar-refractivity contribution >= 4 is 34.3 Å². The molecule has 3 aromatic rings. The number of carbonyl (C=O) groups is 1. The number of primary amides is 1. The number of nitrogens with two attached hydrogens (primary N) is 2. The molecule has 0 aliphatic rings. The van der Waals surface area contributed by atoms with Gasteiger partial charge in [-0.3, -0.25) is 4.79 Å². The van der Waals surface area contributed by atoms with Gasteiger partial charge in [-0.25, -0.2) is 0 Å². The number of thioether (sulfide) groups is 1. The van der Waals surface area contributed by atoms with Gasteiger partial charge >= 0.3 is 0 Å². The van der Waals surface area contributed by atoms with E-state index in [0.29, 0.717) is 11.3 Å². The number of anilines is 1. The Bertz CT molecular complexity index is 777. The first-order chi connectivity index (χ1) is 10.1. The van der Waals surface area contributed by atoms with Gasteiger partial charge in [-0.2, -0.15) is 0 Å². The number of fused-ring (bicyclic) bond motifs is 1. The van der Waals surface area contributed by atoms with Gasteiger partial charge < -0.3 is 16.5 Å². The second-order valence-electron chi connectivity index (χ2n) is 4.79. The average Bonchev–Trinajstić information content (AvgIpc) is 2.88. The number of hydrogen-bond donors (Lipinski definition) is 3. The summed E-state index contributed by atoms with van der Waals surface area (Å²) >= 11 is 1.68. The highest BCUT2D eigenvalue weighted by molar-refractivity contribution is 7.98. The quantitative estimate of drug-likeness (QED) is 0.511. The molecule has 0 saturated carbocycles. The van der Waals surface area contributed by atoms with Crippen LogP contribution in [0.25, 0.3) is 10.9 Å². The number of nitrogen functional groups attached to an aromatic ring is 1. The molecule has 2 aromatic carbocycles. The van der Waals surface area contributed by atoms with E-state index in [9.17, 15) is 4.79 Å². The Balaban J connectivity index is 1.76. The van der Waals surface area contributed by atoms with Gasteiger partial charge in [0.05, 0.1) is 5.03 Å². The molecule has 0 fully saturated rings. The van der Waals surface area contributed by atoms with Gasteiger partial charge in [0.25, 0.3) is 0 Å². The topological polar surface area (TPSA) is 84.9 Å². The van der Waals surface area contributed by atoms with Crippen molar-refractivity contribution < 1.29 is 4.79 Å². The fourth-order valence-electron chi connectivity index (χ4n) is 2.16. The van der Waals surface area contributed by atoms with Crippen LogP contribution in [-0.4, -0.2) is 10.9 Å². The van der Waals surface area contributed by atoms with Crippen LogP contribution in [0.15, 0.2) is 53.6 Å². The van der Waals surface area contributed by atoms with E-state index >= 15 is 0 Å². The summed E-state index contributed by atoms with van der Waals surface area (Å²) < 4.78 is 0. The standard InChI is InChI=1S/C16H15N3OS/c17-13-7-11(16(18)20)5-6-12(13)9-21-15-8-10-3-1-2-4-14(10)19-15/h1-8,19H,9,17H2,(H2,18,20). The van der Waals surface area contributed by atoms with E-state index in [0.717, 1.165) is 21.9 Å². The lowest BCUT2D eigenvalue weighted by atomic mass is 10.1. The second-order valence-corrected chi connectivity index (χ2v) is 5.80. The molecule has 3 rings (SSSR count). The molecule has 4 nitrogen and oxygen atoms in total. The summed E-state index contributed by atoms with van der Waals surface area (Å²) in [6.45, 7) is 0. The Labute approximate surface area is 126 Å². The molecule has 0 unspecified atom stereocenters. The van der Waals surface area contributed by atoms with E-state index in [2.05, 4.69) is 23.2 Å². The molecule has 1 heterocycles. The summed E-state index contributed by atoms with van der Waals surface area (Å²) in [5.74, 6) is 0.272. The number of aromatic amines is 1. The summed E-state index contributed by atoms with van der Waals surface area (Å²) in [4.78, 5) is 14.5. The molecule has 1 amide bonds. The van der Waals surface area contributed by atoms with Crippen molar-refractivity contribution in [1.82, 2.24) is 4.98 Å². The molecule has 0 atom stereocenters. The van der Waals surface area contributed by atoms with E-state index in [4.69, 9.17) is 11.5 Å². The maximum atomic E-state index is 11.1. The Kier molecular flexibility index (Phi) is 3.58. The normalized spacial score (nSPS) is 10.9. The monoisotopic (exact) mass is 297 g/mol. The van der Waals surface area contributed by atoms with Crippen molar-refractivity contribution in [1.29, 1.82) is 0 Å². The van der Waals surface area contributed by atoms with Crippen LogP contribution in [0.5, 0.6) is 0 Å². The van der Waals surface area contributed by atoms with Crippen LogP contribution in [0.2, 0.25) is 0 Å². The van der Waals surface area contributed by atoms with Gasteiger partial charge in [0, 0.05) is 27.9 Å². The molecule has 0 aliphatic carbocycles. The first-order valence-electron chi connectivity index (χ1n) is 6.52. The molecule has 0 spiro atoms. The Morgan fingerprint density at radius 2 is 1.95 bits per heavy atom. The first-order valence-corrected chi connectivity index (χ1v) is 7.51. The predicted octanol–water partition coefficient (Wildman–Crippen LogP) is 3.14. The van der Waals surface area contributed by atoms with E-state index in [-0.39, 0.29) is 0 Å². The summed E-state index contributed by atoms with van der Waals surface area (Å²) in [5, 5.41) is 2.28. The Morgan fingerprint density at radius 1 is 1.14 bits per heavy atom. The third-order valence-electron chi connectivity index (χ3n) is 3.32. The van der Waals surface area contributed by atoms with E-state index in [1.807, 2.05) is 18.2 Å². The lowest BCUT2D eigenvalue weighted by Crippen LogP contribution is -2.11. The minimum absolute atomic E-state index is 0.437. The fraction of sp³-hybridized carbons (Fsp3) is 0.0625. The zero-order valence-corrected chi connectivity index (χ0v) is 12.1. The van der Waals surface area contributed by atoms with Gasteiger partial charge in [0.2, 0.25) is 5.91 Å². The first kappa shape index (κ1) is 13.6. The molecule has 0 saturated heterocycles. The number of amides is 1. The van der Waals surface area contributed by atoms with Crippen molar-refractivity contribution in [2.45, 2.75) is 10.8 Å². The zero-order chi connectivity index (χ0) is 14.8. The number of benzene rings is 2. The van der Waals surface area contributed by atoms with Gasteiger partial charge in [-0.15, -0.1) is 11.8 Å². The number of aromatic nitrogens is 1. The Morgan fingerprint density at radius 3 is 2.67 bits per heavy atom. The maximum Gasteiger partial charge on any atom is 0.248 e. The SMILES string of the molecule is NC(=O)c1ccc(CSc2cc3ccccc3[nH]2)c(N)c1. The molecule has 5 N–H and O–H groups in total. The highest BCUT2D eigenvalue weighted by Crippen LogP contribution is 2.28. The number of para-hydroxylation sites is 1. The average molecular weight is 297 g/mol. The van der Waals surface area contributed by atoms with Crippen molar-refractivity contribution in [3.05, 3.63) is 59.7 Å². The summed E-state index contributed by atoms with van der Waals surface area (Å²) in [6, 6.07) is 15.5. The molecular weight excluding hydrogens is 282 g/mol. The maximum absolute atomic E-state index is 11.1.